The van der Waals surface area contributed by atoms with Crippen molar-refractivity contribution in [2.75, 3.05) is 26.6 Å². The Morgan fingerprint density at radius 2 is 2.10 bits per heavy atom. The molecular formula is C19H24F2N4O4S. The van der Waals surface area contributed by atoms with E-state index in [1.165, 1.54) is 6.20 Å². The molecule has 4 rings (SSSR count). The second-order valence-corrected chi connectivity index (χ2v) is 9.62. The van der Waals surface area contributed by atoms with E-state index in [1.54, 1.807) is 7.11 Å². The maximum Gasteiger partial charge on any atom is 0.250 e. The zero-order valence-corrected chi connectivity index (χ0v) is 17.5. The number of halogens is 2. The van der Waals surface area contributed by atoms with Gasteiger partial charge in [-0.1, -0.05) is 0 Å². The van der Waals surface area contributed by atoms with Crippen LogP contribution in [0.25, 0.3) is 0 Å². The smallest absolute Gasteiger partial charge is 0.250 e. The first-order valence-corrected chi connectivity index (χ1v) is 11.4. The number of fused-ring (bicyclic) bond motifs is 1. The molecule has 8 nitrogen and oxygen atoms in total. The predicted molar refractivity (Wildman–Crippen MR) is 104 cm³/mol. The monoisotopic (exact) mass is 442 g/mol. The molecule has 2 aliphatic rings. The third-order valence-corrected chi connectivity index (χ3v) is 6.56. The van der Waals surface area contributed by atoms with Gasteiger partial charge >= 0.3 is 0 Å². The Kier molecular flexibility index (Phi) is 5.66. The van der Waals surface area contributed by atoms with Crippen LogP contribution in [0.4, 0.5) is 8.78 Å². The molecule has 30 heavy (non-hydrogen) atoms. The summed E-state index contributed by atoms with van der Waals surface area (Å²) in [5.74, 6) is -1.10. The van der Waals surface area contributed by atoms with E-state index >= 15 is 0 Å². The van der Waals surface area contributed by atoms with Crippen LogP contribution in [-0.2, 0) is 26.0 Å². The topological polar surface area (TPSA) is 99.7 Å². The van der Waals surface area contributed by atoms with Gasteiger partial charge in [0.2, 0.25) is 0 Å². The van der Waals surface area contributed by atoms with Crippen LogP contribution in [0.2, 0.25) is 0 Å². The van der Waals surface area contributed by atoms with Crippen molar-refractivity contribution in [3.63, 3.8) is 0 Å². The zero-order valence-electron chi connectivity index (χ0n) is 16.7. The summed E-state index contributed by atoms with van der Waals surface area (Å²) in [6.45, 7) is 1.03. The first-order valence-electron chi connectivity index (χ1n) is 9.55. The van der Waals surface area contributed by atoms with Gasteiger partial charge in [-0.05, 0) is 24.6 Å². The number of nitrogens with zero attached hydrogens (tertiary/aromatic N) is 3. The van der Waals surface area contributed by atoms with Crippen molar-refractivity contribution in [3.05, 3.63) is 52.9 Å². The van der Waals surface area contributed by atoms with Crippen LogP contribution in [0, 0.1) is 11.6 Å². The number of nitrogens with two attached hydrogens (primary N) is 1. The van der Waals surface area contributed by atoms with Gasteiger partial charge in [0.1, 0.15) is 17.7 Å². The van der Waals surface area contributed by atoms with Crippen LogP contribution in [0.1, 0.15) is 35.4 Å². The average Bonchev–Trinajstić information content (AvgIpc) is 3.23. The van der Waals surface area contributed by atoms with E-state index in [1.807, 2.05) is 0 Å². The maximum atomic E-state index is 14.2. The SMILES string of the molecule is COCC1c2cn(S(C)(=O)=O)nc2CN1[C@H]1CO[C@H](c2cc(F)ccc2F)[C@@H](N)C1. The molecule has 1 saturated heterocycles. The Balaban J connectivity index is 1.53. The number of hydrogen-bond donors (Lipinski definition) is 1. The summed E-state index contributed by atoms with van der Waals surface area (Å²) < 4.78 is 63.6. The van der Waals surface area contributed by atoms with Crippen LogP contribution in [-0.4, -0.2) is 61.2 Å². The summed E-state index contributed by atoms with van der Waals surface area (Å²) in [7, 11) is -1.91. The van der Waals surface area contributed by atoms with E-state index in [4.69, 9.17) is 15.2 Å². The number of aromatic nitrogens is 2. The van der Waals surface area contributed by atoms with Crippen molar-refractivity contribution in [3.8, 4) is 0 Å². The average molecular weight is 442 g/mol. The van der Waals surface area contributed by atoms with Gasteiger partial charge in [0.05, 0.1) is 31.2 Å². The number of methoxy groups -OCH3 is 1. The summed E-state index contributed by atoms with van der Waals surface area (Å²) in [5, 5.41) is 4.21. The van der Waals surface area contributed by atoms with Crippen molar-refractivity contribution in [1.82, 2.24) is 14.1 Å². The van der Waals surface area contributed by atoms with Gasteiger partial charge in [-0.15, -0.1) is 0 Å². The normalized spacial score (nSPS) is 27.4. The summed E-state index contributed by atoms with van der Waals surface area (Å²) in [6.07, 6.45) is 2.37. The van der Waals surface area contributed by atoms with Crippen LogP contribution >= 0.6 is 0 Å². The summed E-state index contributed by atoms with van der Waals surface area (Å²) in [5.41, 5.74) is 7.86. The molecule has 164 valence electrons. The van der Waals surface area contributed by atoms with Crippen molar-refractivity contribution >= 4 is 10.0 Å². The highest BCUT2D eigenvalue weighted by Gasteiger charge is 2.42. The van der Waals surface area contributed by atoms with Crippen molar-refractivity contribution in [2.45, 2.75) is 37.2 Å². The van der Waals surface area contributed by atoms with Crippen LogP contribution in [0.3, 0.4) is 0 Å². The molecule has 0 spiro atoms. The third kappa shape index (κ3) is 3.87. The number of ether oxygens (including phenoxy) is 2. The third-order valence-electron chi connectivity index (χ3n) is 5.69. The van der Waals surface area contributed by atoms with Gasteiger partial charge in [-0.2, -0.15) is 9.19 Å². The lowest BCUT2D eigenvalue weighted by molar-refractivity contribution is -0.0672. The van der Waals surface area contributed by atoms with Gasteiger partial charge in [-0.25, -0.2) is 17.2 Å². The van der Waals surface area contributed by atoms with Gasteiger partial charge in [0.25, 0.3) is 10.0 Å². The molecule has 2 aromatic rings. The lowest BCUT2D eigenvalue weighted by atomic mass is 9.93. The maximum absolute atomic E-state index is 14.2. The lowest BCUT2D eigenvalue weighted by Crippen LogP contribution is -2.49. The fraction of sp³-hybridized carbons (Fsp3) is 0.526. The van der Waals surface area contributed by atoms with E-state index in [-0.39, 0.29) is 24.3 Å². The summed E-state index contributed by atoms with van der Waals surface area (Å²) in [4.78, 5) is 2.12. The zero-order chi connectivity index (χ0) is 21.6. The summed E-state index contributed by atoms with van der Waals surface area (Å²) in [6, 6.07) is 2.40. The first kappa shape index (κ1) is 21.3. The Bertz CT molecular complexity index is 1050. The molecule has 3 heterocycles. The molecule has 1 fully saturated rings. The van der Waals surface area contributed by atoms with Crippen molar-refractivity contribution in [1.29, 1.82) is 0 Å². The highest BCUT2D eigenvalue weighted by molar-refractivity contribution is 7.89. The molecule has 0 saturated carbocycles. The molecule has 1 aromatic heterocycles. The van der Waals surface area contributed by atoms with Gasteiger partial charge in [0.15, 0.2) is 0 Å². The first-order chi connectivity index (χ1) is 14.2. The minimum Gasteiger partial charge on any atom is -0.383 e. The Morgan fingerprint density at radius 3 is 2.77 bits per heavy atom. The molecule has 0 aliphatic carbocycles. The minimum absolute atomic E-state index is 0.103. The largest absolute Gasteiger partial charge is 0.383 e. The van der Waals surface area contributed by atoms with Gasteiger partial charge in [-0.3, -0.25) is 4.90 Å². The Labute approximate surface area is 173 Å². The highest BCUT2D eigenvalue weighted by Crippen LogP contribution is 2.39. The van der Waals surface area contributed by atoms with E-state index in [2.05, 4.69) is 10.00 Å². The molecule has 1 unspecified atom stereocenters. The number of rotatable bonds is 5. The van der Waals surface area contributed by atoms with Crippen LogP contribution in [0.15, 0.2) is 24.4 Å². The molecule has 0 amide bonds. The fourth-order valence-corrected chi connectivity index (χ4v) is 4.84. The number of hydrogen-bond acceptors (Lipinski definition) is 7. The standard InChI is InChI=1S/C19H24F2N4O4S/c1-28-10-18-14-7-25(30(2,26)27)23-17(14)8-24(18)12-6-16(22)19(29-9-12)13-5-11(20)3-4-15(13)21/h3-5,7,12,16,18-19H,6,8-10,22H2,1-2H3/t12-,16+,18?,19-/m1/s1. The second kappa shape index (κ2) is 7.97. The van der Waals surface area contributed by atoms with E-state index in [0.717, 1.165) is 34.1 Å². The second-order valence-electron chi connectivity index (χ2n) is 7.78. The minimum atomic E-state index is -3.48. The van der Waals surface area contributed by atoms with Crippen molar-refractivity contribution < 1.29 is 26.7 Å². The van der Waals surface area contributed by atoms with Crippen LogP contribution in [0.5, 0.6) is 0 Å². The molecule has 0 radical (unpaired) electrons. The fourth-order valence-electron chi connectivity index (χ4n) is 4.29. The molecule has 2 aliphatic heterocycles. The quantitative estimate of drug-likeness (QED) is 0.746. The van der Waals surface area contributed by atoms with Gasteiger partial charge in [0, 0.05) is 43.1 Å². The Morgan fingerprint density at radius 1 is 1.33 bits per heavy atom. The Hall–Kier alpha value is -1.92. The summed E-state index contributed by atoms with van der Waals surface area (Å²) >= 11 is 0. The molecule has 2 N–H and O–H groups in total. The van der Waals surface area contributed by atoms with Gasteiger partial charge < -0.3 is 15.2 Å². The number of benzene rings is 1. The highest BCUT2D eigenvalue weighted by atomic mass is 32.2. The van der Waals surface area contributed by atoms with E-state index in [0.29, 0.717) is 25.3 Å². The lowest BCUT2D eigenvalue weighted by Gasteiger charge is -2.40. The molecule has 0 bridgehead atoms. The van der Waals surface area contributed by atoms with E-state index < -0.39 is 33.8 Å². The molecule has 11 heteroatoms. The van der Waals surface area contributed by atoms with E-state index in [9.17, 15) is 17.2 Å². The molecule has 4 atom stereocenters. The van der Waals surface area contributed by atoms with Crippen molar-refractivity contribution in [2.24, 2.45) is 5.73 Å². The molecular weight excluding hydrogens is 418 g/mol. The van der Waals surface area contributed by atoms with Crippen LogP contribution < -0.4 is 5.73 Å². The predicted octanol–water partition coefficient (Wildman–Crippen LogP) is 1.33. The molecule has 1 aromatic carbocycles.